The second-order valence-corrected chi connectivity index (χ2v) is 7.93. The van der Waals surface area contributed by atoms with Crippen molar-refractivity contribution >= 4 is 23.9 Å². The summed E-state index contributed by atoms with van der Waals surface area (Å²) in [6.45, 7) is 0. The summed E-state index contributed by atoms with van der Waals surface area (Å²) in [7, 11) is 0. The summed E-state index contributed by atoms with van der Waals surface area (Å²) in [5.74, 6) is -2.50. The highest BCUT2D eigenvalue weighted by Gasteiger charge is 2.61. The minimum Gasteiger partial charge on any atom is -0.400 e. The third-order valence-corrected chi connectivity index (χ3v) is 6.52. The van der Waals surface area contributed by atoms with E-state index in [0.29, 0.717) is 0 Å². The van der Waals surface area contributed by atoms with E-state index >= 15 is 0 Å². The molecule has 1 saturated heterocycles. The molecule has 0 N–H and O–H groups in total. The van der Waals surface area contributed by atoms with Gasteiger partial charge in [-0.3, -0.25) is 19.7 Å². The zero-order valence-electron chi connectivity index (χ0n) is 16.0. The van der Waals surface area contributed by atoms with Crippen molar-refractivity contribution in [1.29, 1.82) is 0 Å². The number of carbonyl (C=O) groups is 2. The van der Waals surface area contributed by atoms with E-state index in [1.54, 1.807) is 0 Å². The molecular weight excluding hydrogens is 398 g/mol. The van der Waals surface area contributed by atoms with E-state index in [-0.39, 0.29) is 29.4 Å². The van der Waals surface area contributed by atoms with Gasteiger partial charge in [0.25, 0.3) is 11.8 Å². The van der Waals surface area contributed by atoms with Crippen LogP contribution in [0.25, 0.3) is 0 Å². The van der Waals surface area contributed by atoms with Gasteiger partial charge in [-0.2, -0.15) is 10.1 Å². The number of nitro groups is 1. The van der Waals surface area contributed by atoms with Crippen LogP contribution in [-0.4, -0.2) is 28.0 Å². The Morgan fingerprint density at radius 3 is 1.74 bits per heavy atom. The third-order valence-electron chi connectivity index (χ3n) is 6.52. The molecule has 2 amide bonds. The highest BCUT2D eigenvalue weighted by molar-refractivity contribution is 6.08. The van der Waals surface area contributed by atoms with Crippen molar-refractivity contribution < 1.29 is 18.9 Å². The highest BCUT2D eigenvalue weighted by atomic mass is 16.6. The first-order chi connectivity index (χ1) is 15.1. The van der Waals surface area contributed by atoms with Crippen molar-refractivity contribution in [2.75, 3.05) is 0 Å². The lowest BCUT2D eigenvalue weighted by Crippen LogP contribution is -2.41. The number of hydrogen-bond donors (Lipinski definition) is 0. The molecule has 2 heterocycles. The molecule has 1 aromatic heterocycles. The summed E-state index contributed by atoms with van der Waals surface area (Å²) < 4.78 is 5.05. The van der Waals surface area contributed by atoms with Gasteiger partial charge in [-0.15, -0.1) is 0 Å². The summed E-state index contributed by atoms with van der Waals surface area (Å²) in [4.78, 5) is 36.8. The molecule has 31 heavy (non-hydrogen) atoms. The molecule has 1 fully saturated rings. The van der Waals surface area contributed by atoms with Gasteiger partial charge in [-0.05, 0) is 28.3 Å². The summed E-state index contributed by atoms with van der Waals surface area (Å²) >= 11 is 0. The van der Waals surface area contributed by atoms with E-state index in [4.69, 9.17) is 4.42 Å². The van der Waals surface area contributed by atoms with Crippen LogP contribution in [0.1, 0.15) is 39.8 Å². The van der Waals surface area contributed by atoms with Gasteiger partial charge in [-0.1, -0.05) is 48.5 Å². The molecule has 8 nitrogen and oxygen atoms in total. The van der Waals surface area contributed by atoms with Crippen LogP contribution in [0.4, 0.5) is 5.88 Å². The monoisotopic (exact) mass is 413 g/mol. The van der Waals surface area contributed by atoms with Crippen molar-refractivity contribution in [3.8, 4) is 0 Å². The van der Waals surface area contributed by atoms with Crippen LogP contribution in [0.2, 0.25) is 0 Å². The second-order valence-electron chi connectivity index (χ2n) is 7.93. The normalized spacial score (nSPS) is 25.6. The van der Waals surface area contributed by atoms with Crippen molar-refractivity contribution in [2.24, 2.45) is 16.9 Å². The molecule has 0 unspecified atom stereocenters. The number of hydrazone groups is 1. The summed E-state index contributed by atoms with van der Waals surface area (Å²) in [5.41, 5.74) is 4.34. The fourth-order valence-corrected chi connectivity index (χ4v) is 5.40. The van der Waals surface area contributed by atoms with Crippen LogP contribution >= 0.6 is 0 Å². The van der Waals surface area contributed by atoms with Crippen molar-refractivity contribution in [3.05, 3.63) is 98.8 Å². The van der Waals surface area contributed by atoms with Gasteiger partial charge in [0.1, 0.15) is 4.92 Å². The molecule has 8 heteroatoms. The third kappa shape index (κ3) is 2.32. The summed E-state index contributed by atoms with van der Waals surface area (Å²) in [6, 6.07) is 18.5. The fourth-order valence-electron chi connectivity index (χ4n) is 5.40. The van der Waals surface area contributed by atoms with Gasteiger partial charge in [0.15, 0.2) is 5.76 Å². The first-order valence-corrected chi connectivity index (χ1v) is 9.90. The van der Waals surface area contributed by atoms with Gasteiger partial charge in [0.05, 0.1) is 24.1 Å². The molecule has 0 spiro atoms. The number of benzene rings is 2. The molecule has 3 aliphatic carbocycles. The summed E-state index contributed by atoms with van der Waals surface area (Å²) in [5, 5.41) is 15.8. The van der Waals surface area contributed by atoms with Crippen LogP contribution in [0.15, 0.2) is 70.2 Å². The molecule has 2 bridgehead atoms. The van der Waals surface area contributed by atoms with E-state index in [2.05, 4.69) is 5.10 Å². The topological polar surface area (TPSA) is 106 Å². The molecule has 2 atom stereocenters. The lowest BCUT2D eigenvalue weighted by molar-refractivity contribution is -0.402. The Hall–Kier alpha value is -4.07. The molecule has 2 aromatic carbocycles. The number of furan rings is 1. The number of rotatable bonds is 3. The van der Waals surface area contributed by atoms with Crippen LogP contribution in [0.3, 0.4) is 0 Å². The highest BCUT2D eigenvalue weighted by Crippen LogP contribution is 2.60. The quantitative estimate of drug-likeness (QED) is 0.283. The van der Waals surface area contributed by atoms with Crippen LogP contribution in [0, 0.1) is 22.0 Å². The molecule has 4 aliphatic rings. The first kappa shape index (κ1) is 17.8. The number of carbonyl (C=O) groups excluding carboxylic acids is 2. The van der Waals surface area contributed by atoms with E-state index in [0.717, 1.165) is 27.3 Å². The Kier molecular flexibility index (Phi) is 3.56. The Bertz CT molecular complexity index is 1190. The molecule has 1 aliphatic heterocycles. The van der Waals surface area contributed by atoms with E-state index < -0.39 is 22.6 Å². The minimum atomic E-state index is -0.663. The molecule has 152 valence electrons. The standard InChI is InChI=1S/C23H15N3O5/c27-22-20-18-13-5-1-2-6-14(13)19(16-8-4-3-7-15(16)18)21(20)23(28)25(22)24-11-12-9-10-17(31-12)26(29)30/h1-11,18-21H/b24-11-/t18?,19?,20-,21-/m1/s1. The summed E-state index contributed by atoms with van der Waals surface area (Å²) in [6.07, 6.45) is 1.17. The SMILES string of the molecule is O=C1[C@@H]2C3c4ccccc4C(c4ccccc43)[C@H]2C(=O)N1/N=C\c1ccc([N+](=O)[O-])o1. The number of amides is 2. The lowest BCUT2D eigenvalue weighted by Gasteiger charge is -2.45. The molecule has 0 saturated carbocycles. The van der Waals surface area contributed by atoms with E-state index in [9.17, 15) is 19.7 Å². The maximum absolute atomic E-state index is 13.3. The predicted octanol–water partition coefficient (Wildman–Crippen LogP) is 3.41. The van der Waals surface area contributed by atoms with Crippen LogP contribution in [-0.2, 0) is 9.59 Å². The van der Waals surface area contributed by atoms with Gasteiger partial charge in [0.2, 0.25) is 0 Å². The predicted molar refractivity (Wildman–Crippen MR) is 108 cm³/mol. The second kappa shape index (κ2) is 6.21. The Balaban J connectivity index is 1.42. The number of imide groups is 1. The molecule has 3 aromatic rings. The van der Waals surface area contributed by atoms with E-state index in [1.807, 2.05) is 48.5 Å². The van der Waals surface area contributed by atoms with Gasteiger partial charge < -0.3 is 4.42 Å². The Labute approximate surface area is 175 Å². The number of hydrogen-bond acceptors (Lipinski definition) is 6. The van der Waals surface area contributed by atoms with Gasteiger partial charge >= 0.3 is 5.88 Å². The average Bonchev–Trinajstić information content (AvgIpc) is 3.36. The Morgan fingerprint density at radius 2 is 1.32 bits per heavy atom. The zero-order valence-corrected chi connectivity index (χ0v) is 16.0. The van der Waals surface area contributed by atoms with Gasteiger partial charge in [0, 0.05) is 11.8 Å². The van der Waals surface area contributed by atoms with E-state index in [1.165, 1.54) is 18.3 Å². The van der Waals surface area contributed by atoms with Crippen LogP contribution < -0.4 is 0 Å². The van der Waals surface area contributed by atoms with Crippen LogP contribution in [0.5, 0.6) is 0 Å². The lowest BCUT2D eigenvalue weighted by atomic mass is 9.55. The number of nitrogens with zero attached hydrogens (tertiary/aromatic N) is 3. The average molecular weight is 413 g/mol. The largest absolute Gasteiger partial charge is 0.433 e. The maximum Gasteiger partial charge on any atom is 0.433 e. The minimum absolute atomic E-state index is 0.0942. The first-order valence-electron chi connectivity index (χ1n) is 9.90. The van der Waals surface area contributed by atoms with Crippen molar-refractivity contribution in [1.82, 2.24) is 5.01 Å². The van der Waals surface area contributed by atoms with Gasteiger partial charge in [-0.25, -0.2) is 0 Å². The molecular formula is C23H15N3O5. The maximum atomic E-state index is 13.3. The fraction of sp³-hybridized carbons (Fsp3) is 0.174. The van der Waals surface area contributed by atoms with Crippen molar-refractivity contribution in [3.63, 3.8) is 0 Å². The van der Waals surface area contributed by atoms with Crippen molar-refractivity contribution in [2.45, 2.75) is 11.8 Å². The smallest absolute Gasteiger partial charge is 0.400 e. The molecule has 0 radical (unpaired) electrons. The molecule has 7 rings (SSSR count). The Morgan fingerprint density at radius 1 is 0.839 bits per heavy atom. The zero-order chi connectivity index (χ0) is 21.3.